The average molecular weight is 417 g/mol. The van der Waals surface area contributed by atoms with Crippen LogP contribution in [0.5, 0.6) is 0 Å². The number of benzene rings is 3. The van der Waals surface area contributed by atoms with Gasteiger partial charge in [0.25, 0.3) is 11.8 Å². The molecule has 0 saturated heterocycles. The standard InChI is InChI=1S/C25H24N2O2S/c1-3-26-21-16-10-11-17-22(21)30-25(2,23(26)28)24(29)27(20-14-8-5-9-15-20)18-19-12-6-4-7-13-19/h4-17H,3,18H2,1-2H3. The lowest BCUT2D eigenvalue weighted by molar-refractivity contribution is -0.129. The smallest absolute Gasteiger partial charge is 0.253 e. The molecule has 2 amide bonds. The van der Waals surface area contributed by atoms with Crippen LogP contribution in [-0.2, 0) is 16.1 Å². The van der Waals surface area contributed by atoms with Crippen LogP contribution >= 0.6 is 11.8 Å². The van der Waals surface area contributed by atoms with Crippen LogP contribution in [0, 0.1) is 0 Å². The van der Waals surface area contributed by atoms with Crippen molar-refractivity contribution in [3.05, 3.63) is 90.5 Å². The maximum absolute atomic E-state index is 14.0. The number of rotatable bonds is 5. The topological polar surface area (TPSA) is 40.6 Å². The second-order valence-electron chi connectivity index (χ2n) is 7.36. The second kappa shape index (κ2) is 8.36. The summed E-state index contributed by atoms with van der Waals surface area (Å²) in [5.41, 5.74) is 2.66. The summed E-state index contributed by atoms with van der Waals surface area (Å²) in [6.45, 7) is 4.61. The molecule has 5 heteroatoms. The van der Waals surface area contributed by atoms with Crippen molar-refractivity contribution >= 4 is 35.0 Å². The predicted molar refractivity (Wildman–Crippen MR) is 123 cm³/mol. The number of para-hydroxylation sites is 2. The normalized spacial score (nSPS) is 18.1. The molecule has 0 aliphatic carbocycles. The van der Waals surface area contributed by atoms with E-state index in [2.05, 4.69) is 0 Å². The first-order valence-corrected chi connectivity index (χ1v) is 10.9. The summed E-state index contributed by atoms with van der Waals surface area (Å²) in [5.74, 6) is -0.381. The third-order valence-electron chi connectivity index (χ3n) is 5.34. The molecule has 30 heavy (non-hydrogen) atoms. The highest BCUT2D eigenvalue weighted by atomic mass is 32.2. The van der Waals surface area contributed by atoms with Gasteiger partial charge in [0.2, 0.25) is 0 Å². The van der Waals surface area contributed by atoms with Gasteiger partial charge < -0.3 is 9.80 Å². The van der Waals surface area contributed by atoms with Gasteiger partial charge in [0.1, 0.15) is 0 Å². The fourth-order valence-electron chi connectivity index (χ4n) is 3.76. The number of hydrogen-bond donors (Lipinski definition) is 0. The van der Waals surface area contributed by atoms with E-state index in [1.54, 1.807) is 16.7 Å². The van der Waals surface area contributed by atoms with E-state index in [0.717, 1.165) is 21.8 Å². The quantitative estimate of drug-likeness (QED) is 0.541. The van der Waals surface area contributed by atoms with Crippen LogP contribution in [0.3, 0.4) is 0 Å². The zero-order chi connectivity index (χ0) is 21.1. The molecule has 152 valence electrons. The molecule has 1 heterocycles. The van der Waals surface area contributed by atoms with Crippen molar-refractivity contribution in [2.24, 2.45) is 0 Å². The molecule has 0 fully saturated rings. The fourth-order valence-corrected chi connectivity index (χ4v) is 5.02. The number of amides is 2. The summed E-state index contributed by atoms with van der Waals surface area (Å²) in [7, 11) is 0. The SMILES string of the molecule is CCN1C(=O)C(C)(C(=O)N(Cc2ccccc2)c2ccccc2)Sc2ccccc21. The first kappa shape index (κ1) is 20.2. The first-order valence-electron chi connectivity index (χ1n) is 10.1. The van der Waals surface area contributed by atoms with Crippen LogP contribution in [0.4, 0.5) is 11.4 Å². The Bertz CT molecular complexity index is 1060. The predicted octanol–water partition coefficient (Wildman–Crippen LogP) is 5.14. The summed E-state index contributed by atoms with van der Waals surface area (Å²) in [5, 5.41) is 0. The van der Waals surface area contributed by atoms with Crippen molar-refractivity contribution in [1.82, 2.24) is 0 Å². The number of fused-ring (bicyclic) bond motifs is 1. The highest BCUT2D eigenvalue weighted by Crippen LogP contribution is 2.46. The molecule has 3 aromatic carbocycles. The van der Waals surface area contributed by atoms with E-state index in [4.69, 9.17) is 0 Å². The number of anilines is 2. The molecule has 0 N–H and O–H groups in total. The number of nitrogens with zero attached hydrogens (tertiary/aromatic N) is 2. The number of thioether (sulfide) groups is 1. The third-order valence-corrected chi connectivity index (χ3v) is 6.67. The summed E-state index contributed by atoms with van der Waals surface area (Å²) in [6, 6.07) is 27.2. The molecule has 1 aliphatic rings. The third kappa shape index (κ3) is 3.61. The Labute approximate surface area is 181 Å². The molecule has 3 aromatic rings. The Morgan fingerprint density at radius 2 is 1.53 bits per heavy atom. The second-order valence-corrected chi connectivity index (χ2v) is 8.83. The molecule has 4 rings (SSSR count). The Morgan fingerprint density at radius 1 is 0.933 bits per heavy atom. The molecule has 1 unspecified atom stereocenters. The van der Waals surface area contributed by atoms with Crippen LogP contribution in [0.2, 0.25) is 0 Å². The zero-order valence-corrected chi connectivity index (χ0v) is 17.9. The van der Waals surface area contributed by atoms with Gasteiger partial charge in [0.15, 0.2) is 4.75 Å². The molecule has 4 nitrogen and oxygen atoms in total. The molecular weight excluding hydrogens is 392 g/mol. The minimum atomic E-state index is -1.24. The summed E-state index contributed by atoms with van der Waals surface area (Å²) in [4.78, 5) is 31.9. The number of carbonyl (C=O) groups is 2. The summed E-state index contributed by atoms with van der Waals surface area (Å²) < 4.78 is -1.24. The van der Waals surface area contributed by atoms with E-state index in [1.807, 2.05) is 91.9 Å². The van der Waals surface area contributed by atoms with Gasteiger partial charge in [-0.2, -0.15) is 0 Å². The Balaban J connectivity index is 1.76. The van der Waals surface area contributed by atoms with Gasteiger partial charge in [-0.1, -0.05) is 72.4 Å². The average Bonchev–Trinajstić information content (AvgIpc) is 2.79. The minimum Gasteiger partial charge on any atom is -0.310 e. The molecule has 1 atom stereocenters. The fraction of sp³-hybridized carbons (Fsp3) is 0.200. The van der Waals surface area contributed by atoms with E-state index < -0.39 is 4.75 Å². The van der Waals surface area contributed by atoms with Gasteiger partial charge in [-0.3, -0.25) is 9.59 Å². The zero-order valence-electron chi connectivity index (χ0n) is 17.1. The van der Waals surface area contributed by atoms with Crippen LogP contribution < -0.4 is 9.80 Å². The minimum absolute atomic E-state index is 0.173. The number of hydrogen-bond acceptors (Lipinski definition) is 3. The van der Waals surface area contributed by atoms with Crippen molar-refractivity contribution < 1.29 is 9.59 Å². The van der Waals surface area contributed by atoms with Crippen LogP contribution in [-0.4, -0.2) is 23.1 Å². The van der Waals surface area contributed by atoms with Crippen molar-refractivity contribution in [1.29, 1.82) is 0 Å². The van der Waals surface area contributed by atoms with Gasteiger partial charge in [0.05, 0.1) is 12.2 Å². The van der Waals surface area contributed by atoms with Gasteiger partial charge >= 0.3 is 0 Å². The maximum Gasteiger partial charge on any atom is 0.253 e. The largest absolute Gasteiger partial charge is 0.310 e. The molecule has 0 radical (unpaired) electrons. The van der Waals surface area contributed by atoms with Gasteiger partial charge in [0, 0.05) is 17.1 Å². The van der Waals surface area contributed by atoms with Gasteiger partial charge in [-0.15, -0.1) is 0 Å². The monoisotopic (exact) mass is 416 g/mol. The van der Waals surface area contributed by atoms with Crippen molar-refractivity contribution in [2.45, 2.75) is 30.0 Å². The summed E-state index contributed by atoms with van der Waals surface area (Å²) in [6.07, 6.45) is 0. The Morgan fingerprint density at radius 3 is 2.20 bits per heavy atom. The van der Waals surface area contributed by atoms with E-state index in [1.165, 1.54) is 11.8 Å². The van der Waals surface area contributed by atoms with Gasteiger partial charge in [-0.05, 0) is 43.7 Å². The molecule has 1 aliphatic heterocycles. The molecular formula is C25H24N2O2S. The molecule has 0 saturated carbocycles. The lowest BCUT2D eigenvalue weighted by Gasteiger charge is -2.41. The van der Waals surface area contributed by atoms with E-state index >= 15 is 0 Å². The first-order chi connectivity index (χ1) is 14.5. The number of carbonyl (C=O) groups excluding carboxylic acids is 2. The molecule has 0 aromatic heterocycles. The lowest BCUT2D eigenvalue weighted by Crippen LogP contribution is -2.57. The van der Waals surface area contributed by atoms with Gasteiger partial charge in [-0.25, -0.2) is 0 Å². The highest BCUT2D eigenvalue weighted by Gasteiger charge is 2.50. The van der Waals surface area contributed by atoms with Crippen molar-refractivity contribution in [2.75, 3.05) is 16.3 Å². The maximum atomic E-state index is 14.0. The van der Waals surface area contributed by atoms with Crippen LogP contribution in [0.1, 0.15) is 19.4 Å². The Kier molecular flexibility index (Phi) is 5.64. The van der Waals surface area contributed by atoms with E-state index in [-0.39, 0.29) is 11.8 Å². The highest BCUT2D eigenvalue weighted by molar-refractivity contribution is 8.02. The van der Waals surface area contributed by atoms with Crippen molar-refractivity contribution in [3.63, 3.8) is 0 Å². The van der Waals surface area contributed by atoms with Crippen LogP contribution in [0.25, 0.3) is 0 Å². The van der Waals surface area contributed by atoms with Crippen molar-refractivity contribution in [3.8, 4) is 0 Å². The molecule has 0 spiro atoms. The van der Waals surface area contributed by atoms with E-state index in [0.29, 0.717) is 13.1 Å². The Hall–Kier alpha value is -3.05. The van der Waals surface area contributed by atoms with E-state index in [9.17, 15) is 9.59 Å². The molecule has 0 bridgehead atoms. The van der Waals surface area contributed by atoms with Crippen LogP contribution in [0.15, 0.2) is 89.8 Å². The summed E-state index contributed by atoms with van der Waals surface area (Å²) >= 11 is 1.35. The lowest BCUT2D eigenvalue weighted by atomic mass is 10.0.